The quantitative estimate of drug-likeness (QED) is 0.518. The number of hydrogen-bond acceptors (Lipinski definition) is 6. The van der Waals surface area contributed by atoms with Crippen LogP contribution in [-0.4, -0.2) is 34.3 Å². The van der Waals surface area contributed by atoms with Crippen LogP contribution in [0.2, 0.25) is 0 Å². The van der Waals surface area contributed by atoms with Crippen LogP contribution in [0.25, 0.3) is 5.69 Å². The fourth-order valence-electron chi connectivity index (χ4n) is 3.22. The Morgan fingerprint density at radius 1 is 1.11 bits per heavy atom. The molecule has 27 heavy (non-hydrogen) atoms. The van der Waals surface area contributed by atoms with Gasteiger partial charge in [-0.2, -0.15) is 5.10 Å². The van der Waals surface area contributed by atoms with Crippen molar-refractivity contribution in [2.75, 3.05) is 4.31 Å². The monoisotopic (exact) mass is 385 g/mol. The minimum Gasteiger partial charge on any atom is -0.289 e. The highest BCUT2D eigenvalue weighted by molar-refractivity contribution is 7.93. The molecule has 2 N–H and O–H groups in total. The maximum Gasteiger partial charge on any atom is 0.265 e. The van der Waals surface area contributed by atoms with Gasteiger partial charge in [0.1, 0.15) is 12.7 Å². The van der Waals surface area contributed by atoms with Crippen molar-refractivity contribution in [1.29, 1.82) is 0 Å². The second-order valence-electron chi connectivity index (χ2n) is 5.95. The van der Waals surface area contributed by atoms with Gasteiger partial charge < -0.3 is 0 Å². The van der Waals surface area contributed by atoms with Crippen LogP contribution in [0.4, 0.5) is 5.69 Å². The maximum atomic E-state index is 13.1. The van der Waals surface area contributed by atoms with E-state index in [-0.39, 0.29) is 11.3 Å². The second-order valence-corrected chi connectivity index (χ2v) is 7.73. The first-order valence-corrected chi connectivity index (χ1v) is 9.48. The van der Waals surface area contributed by atoms with Gasteiger partial charge in [0.25, 0.3) is 10.0 Å². The molecule has 1 amide bonds. The number of carbonyl (C=O) groups is 1. The van der Waals surface area contributed by atoms with Gasteiger partial charge in [0.15, 0.2) is 0 Å². The first kappa shape index (κ1) is 17.2. The number of aromatic nitrogens is 3. The lowest BCUT2D eigenvalue weighted by Crippen LogP contribution is -2.32. The fraction of sp³-hybridized carbons (Fsp3) is 0.118. The van der Waals surface area contributed by atoms with Crippen LogP contribution in [0.1, 0.15) is 18.0 Å². The van der Waals surface area contributed by atoms with Gasteiger partial charge in [0.2, 0.25) is 5.91 Å². The number of fused-ring (bicyclic) bond motifs is 1. The summed E-state index contributed by atoms with van der Waals surface area (Å²) in [7, 11) is -3.83. The number of sulfonamides is 1. The van der Waals surface area contributed by atoms with E-state index in [1.54, 1.807) is 52.6 Å². The Kier molecular flexibility index (Phi) is 4.13. The summed E-state index contributed by atoms with van der Waals surface area (Å²) in [5.41, 5.74) is 3.21. The number of benzene rings is 2. The molecule has 1 unspecified atom stereocenters. The summed E-state index contributed by atoms with van der Waals surface area (Å²) in [5.74, 6) is -0.670. The van der Waals surface area contributed by atoms with E-state index in [9.17, 15) is 13.2 Å². The minimum atomic E-state index is -3.83. The molecule has 0 saturated heterocycles. The molecule has 4 rings (SSSR count). The number of nitrogens with zero attached hydrogens (tertiary/aromatic N) is 4. The van der Waals surface area contributed by atoms with Crippen molar-refractivity contribution < 1.29 is 18.4 Å². The van der Waals surface area contributed by atoms with Crippen molar-refractivity contribution in [3.8, 4) is 5.69 Å². The summed E-state index contributed by atoms with van der Waals surface area (Å²) in [4.78, 5) is 15.8. The smallest absolute Gasteiger partial charge is 0.265 e. The van der Waals surface area contributed by atoms with Crippen molar-refractivity contribution in [3.05, 3.63) is 66.7 Å². The first-order chi connectivity index (χ1) is 13.0. The molecule has 138 valence electrons. The Labute approximate surface area is 154 Å². The first-order valence-electron chi connectivity index (χ1n) is 8.04. The van der Waals surface area contributed by atoms with E-state index in [4.69, 9.17) is 5.21 Å². The van der Waals surface area contributed by atoms with Gasteiger partial charge in [-0.15, -0.1) is 0 Å². The molecule has 1 aliphatic rings. The molecule has 3 aromatic rings. The molecular weight excluding hydrogens is 370 g/mol. The zero-order valence-corrected chi connectivity index (χ0v) is 14.7. The second kappa shape index (κ2) is 6.49. The standard InChI is InChI=1S/C17H15N5O4S/c23-17(20-24)9-15-14-3-1-2-4-16(14)27(25,26)22(15)13-7-5-12(6-8-13)21-11-18-10-19-21/h1-8,10-11,15,24H,9H2,(H,20,23). The minimum absolute atomic E-state index is 0.154. The zero-order valence-electron chi connectivity index (χ0n) is 13.9. The van der Waals surface area contributed by atoms with E-state index in [1.165, 1.54) is 23.0 Å². The molecule has 1 aliphatic heterocycles. The third-order valence-electron chi connectivity index (χ3n) is 4.39. The number of hydrogen-bond donors (Lipinski definition) is 2. The van der Waals surface area contributed by atoms with Crippen molar-refractivity contribution in [1.82, 2.24) is 20.2 Å². The van der Waals surface area contributed by atoms with Crippen LogP contribution in [0.3, 0.4) is 0 Å². The average Bonchev–Trinajstić information content (AvgIpc) is 3.28. The Bertz CT molecular complexity index is 1080. The molecule has 2 heterocycles. The number of rotatable bonds is 4. The van der Waals surface area contributed by atoms with Gasteiger partial charge in [-0.05, 0) is 35.9 Å². The van der Waals surface area contributed by atoms with E-state index in [0.717, 1.165) is 5.69 Å². The number of carbonyl (C=O) groups excluding carboxylic acids is 1. The van der Waals surface area contributed by atoms with Crippen molar-refractivity contribution in [3.63, 3.8) is 0 Å². The predicted octanol–water partition coefficient (Wildman–Crippen LogP) is 1.41. The van der Waals surface area contributed by atoms with Gasteiger partial charge >= 0.3 is 0 Å². The highest BCUT2D eigenvalue weighted by Crippen LogP contribution is 2.44. The lowest BCUT2D eigenvalue weighted by molar-refractivity contribution is -0.129. The van der Waals surface area contributed by atoms with Crippen molar-refractivity contribution in [2.45, 2.75) is 17.4 Å². The lowest BCUT2D eigenvalue weighted by Gasteiger charge is -2.25. The third kappa shape index (κ3) is 2.84. The van der Waals surface area contributed by atoms with Crippen molar-refractivity contribution in [2.24, 2.45) is 0 Å². The van der Waals surface area contributed by atoms with Gasteiger partial charge in [-0.3, -0.25) is 14.3 Å². The average molecular weight is 385 g/mol. The fourth-order valence-corrected chi connectivity index (χ4v) is 5.10. The van der Waals surface area contributed by atoms with Gasteiger partial charge in [-0.25, -0.2) is 23.6 Å². The number of hydroxylamine groups is 1. The van der Waals surface area contributed by atoms with E-state index in [0.29, 0.717) is 11.3 Å². The maximum absolute atomic E-state index is 13.1. The Morgan fingerprint density at radius 3 is 2.48 bits per heavy atom. The van der Waals surface area contributed by atoms with E-state index in [2.05, 4.69) is 10.1 Å². The van der Waals surface area contributed by atoms with Crippen LogP contribution in [0, 0.1) is 0 Å². The van der Waals surface area contributed by atoms with Gasteiger partial charge in [0, 0.05) is 0 Å². The largest absolute Gasteiger partial charge is 0.289 e. The third-order valence-corrected chi connectivity index (χ3v) is 6.30. The SMILES string of the molecule is O=C(CC1c2ccccc2S(=O)(=O)N1c1ccc(-n2cncn2)cc1)NO. The lowest BCUT2D eigenvalue weighted by atomic mass is 10.0. The zero-order chi connectivity index (χ0) is 19.0. The summed E-state index contributed by atoms with van der Waals surface area (Å²) in [6.07, 6.45) is 2.72. The molecule has 0 fully saturated rings. The molecule has 2 aromatic carbocycles. The van der Waals surface area contributed by atoms with E-state index in [1.807, 2.05) is 0 Å². The van der Waals surface area contributed by atoms with Gasteiger partial charge in [-0.1, -0.05) is 18.2 Å². The highest BCUT2D eigenvalue weighted by atomic mass is 32.2. The normalized spacial score (nSPS) is 17.5. The molecule has 0 spiro atoms. The molecule has 9 nitrogen and oxygen atoms in total. The van der Waals surface area contributed by atoms with Crippen LogP contribution in [-0.2, 0) is 14.8 Å². The van der Waals surface area contributed by atoms with Gasteiger partial charge in [0.05, 0.1) is 28.7 Å². The number of anilines is 1. The van der Waals surface area contributed by atoms with Crippen LogP contribution >= 0.6 is 0 Å². The van der Waals surface area contributed by atoms with Crippen LogP contribution in [0.5, 0.6) is 0 Å². The topological polar surface area (TPSA) is 117 Å². The summed E-state index contributed by atoms with van der Waals surface area (Å²) in [5, 5.41) is 12.9. The number of nitrogens with one attached hydrogen (secondary N) is 1. The van der Waals surface area contributed by atoms with Crippen LogP contribution < -0.4 is 9.79 Å². The Morgan fingerprint density at radius 2 is 1.81 bits per heavy atom. The Balaban J connectivity index is 1.78. The van der Waals surface area contributed by atoms with E-state index < -0.39 is 22.0 Å². The molecule has 0 saturated carbocycles. The summed E-state index contributed by atoms with van der Waals surface area (Å²) < 4.78 is 28.9. The van der Waals surface area contributed by atoms with Crippen molar-refractivity contribution >= 4 is 21.6 Å². The summed E-state index contributed by atoms with van der Waals surface area (Å²) >= 11 is 0. The molecule has 0 bridgehead atoms. The molecule has 1 atom stereocenters. The summed E-state index contributed by atoms with van der Waals surface area (Å²) in [6.45, 7) is 0. The Hall–Kier alpha value is -3.24. The molecule has 0 radical (unpaired) electrons. The number of amides is 1. The predicted molar refractivity (Wildman–Crippen MR) is 94.8 cm³/mol. The summed E-state index contributed by atoms with van der Waals surface area (Å²) in [6, 6.07) is 12.5. The highest BCUT2D eigenvalue weighted by Gasteiger charge is 2.43. The van der Waals surface area contributed by atoms with Crippen LogP contribution in [0.15, 0.2) is 66.1 Å². The molecular formula is C17H15N5O4S. The van der Waals surface area contributed by atoms with E-state index >= 15 is 0 Å². The molecule has 10 heteroatoms. The molecule has 1 aromatic heterocycles. The molecule has 0 aliphatic carbocycles.